The molecule has 1 saturated heterocycles. The van der Waals surface area contributed by atoms with Crippen LogP contribution in [-0.2, 0) is 4.79 Å². The van der Waals surface area contributed by atoms with Crippen molar-refractivity contribution in [2.24, 2.45) is 5.73 Å². The number of furan rings is 1. The molecule has 2 amide bonds. The summed E-state index contributed by atoms with van der Waals surface area (Å²) < 4.78 is 10.8. The van der Waals surface area contributed by atoms with Crippen molar-refractivity contribution in [2.75, 3.05) is 20.7 Å². The van der Waals surface area contributed by atoms with Crippen LogP contribution < -0.4 is 15.8 Å². The molecule has 0 aliphatic carbocycles. The molecule has 2 heterocycles. The van der Waals surface area contributed by atoms with Crippen molar-refractivity contribution < 1.29 is 18.7 Å². The van der Waals surface area contributed by atoms with E-state index >= 15 is 0 Å². The first-order valence-electron chi connectivity index (χ1n) is 8.06. The summed E-state index contributed by atoms with van der Waals surface area (Å²) in [5, 5.41) is 2.57. The Balaban J connectivity index is 1.81. The maximum absolute atomic E-state index is 12.7. The standard InChI is InChI=1S/C18H21N3O4/c1-20-17(22)14-9-12(19)10-21(14)18(23)16-8-7-15(25-16)11-3-5-13(24-2)6-4-11/h3-8,12,14H,9-10,19H2,1-2H3,(H,20,22)/t12-,14-/m0/s1. The summed E-state index contributed by atoms with van der Waals surface area (Å²) in [7, 11) is 3.14. The molecule has 0 bridgehead atoms. The highest BCUT2D eigenvalue weighted by Crippen LogP contribution is 2.26. The van der Waals surface area contributed by atoms with E-state index in [0.717, 1.165) is 11.3 Å². The van der Waals surface area contributed by atoms with Gasteiger partial charge in [-0.25, -0.2) is 0 Å². The van der Waals surface area contributed by atoms with Gasteiger partial charge in [-0.2, -0.15) is 0 Å². The van der Waals surface area contributed by atoms with Crippen LogP contribution in [0, 0.1) is 0 Å². The van der Waals surface area contributed by atoms with E-state index in [0.29, 0.717) is 18.7 Å². The van der Waals surface area contributed by atoms with E-state index in [2.05, 4.69) is 5.32 Å². The van der Waals surface area contributed by atoms with Crippen LogP contribution >= 0.6 is 0 Å². The Hall–Kier alpha value is -2.80. The Morgan fingerprint density at radius 2 is 1.96 bits per heavy atom. The Morgan fingerprint density at radius 3 is 2.60 bits per heavy atom. The maximum Gasteiger partial charge on any atom is 0.290 e. The Kier molecular flexibility index (Phi) is 4.76. The molecule has 1 fully saturated rings. The minimum Gasteiger partial charge on any atom is -0.497 e. The molecule has 3 rings (SSSR count). The minimum atomic E-state index is -0.568. The molecule has 7 nitrogen and oxygen atoms in total. The first-order chi connectivity index (χ1) is 12.0. The van der Waals surface area contributed by atoms with Gasteiger partial charge in [0.05, 0.1) is 7.11 Å². The number of carbonyl (C=O) groups is 2. The second kappa shape index (κ2) is 6.98. The Morgan fingerprint density at radius 1 is 1.24 bits per heavy atom. The van der Waals surface area contributed by atoms with E-state index in [1.54, 1.807) is 26.3 Å². The number of ether oxygens (including phenoxy) is 1. The molecule has 7 heteroatoms. The topological polar surface area (TPSA) is 97.8 Å². The van der Waals surface area contributed by atoms with Crippen molar-refractivity contribution in [2.45, 2.75) is 18.5 Å². The largest absolute Gasteiger partial charge is 0.497 e. The third-order valence-corrected chi connectivity index (χ3v) is 4.33. The first kappa shape index (κ1) is 17.0. The highest BCUT2D eigenvalue weighted by atomic mass is 16.5. The molecule has 2 atom stereocenters. The Labute approximate surface area is 145 Å². The summed E-state index contributed by atoms with van der Waals surface area (Å²) in [4.78, 5) is 26.2. The smallest absolute Gasteiger partial charge is 0.290 e. The number of likely N-dealkylation sites (N-methyl/N-ethyl adjacent to an activating group) is 1. The molecule has 0 radical (unpaired) electrons. The number of hydrogen-bond acceptors (Lipinski definition) is 5. The number of rotatable bonds is 4. The lowest BCUT2D eigenvalue weighted by Gasteiger charge is -2.21. The zero-order valence-corrected chi connectivity index (χ0v) is 14.2. The van der Waals surface area contributed by atoms with E-state index in [-0.39, 0.29) is 23.6 Å². The monoisotopic (exact) mass is 343 g/mol. The molecular formula is C18H21N3O4. The van der Waals surface area contributed by atoms with Gasteiger partial charge in [-0.05, 0) is 42.8 Å². The van der Waals surface area contributed by atoms with Crippen LogP contribution in [0.3, 0.4) is 0 Å². The number of benzene rings is 1. The highest BCUT2D eigenvalue weighted by molar-refractivity contribution is 5.96. The zero-order chi connectivity index (χ0) is 18.0. The van der Waals surface area contributed by atoms with Crippen LogP contribution in [0.4, 0.5) is 0 Å². The van der Waals surface area contributed by atoms with Crippen molar-refractivity contribution in [3.05, 3.63) is 42.2 Å². The highest BCUT2D eigenvalue weighted by Gasteiger charge is 2.39. The van der Waals surface area contributed by atoms with Crippen LogP contribution in [0.1, 0.15) is 17.0 Å². The number of carbonyl (C=O) groups excluding carboxylic acids is 2. The number of nitrogens with one attached hydrogen (secondary N) is 1. The van der Waals surface area contributed by atoms with Crippen molar-refractivity contribution in [3.8, 4) is 17.1 Å². The molecule has 0 unspecified atom stereocenters. The van der Waals surface area contributed by atoms with Gasteiger partial charge in [0.15, 0.2) is 5.76 Å². The van der Waals surface area contributed by atoms with Crippen LogP contribution in [0.25, 0.3) is 11.3 Å². The van der Waals surface area contributed by atoms with Crippen LogP contribution in [0.2, 0.25) is 0 Å². The summed E-state index contributed by atoms with van der Waals surface area (Å²) >= 11 is 0. The predicted molar refractivity (Wildman–Crippen MR) is 92.2 cm³/mol. The normalized spacial score (nSPS) is 19.7. The fourth-order valence-corrected chi connectivity index (χ4v) is 3.01. The molecule has 3 N–H and O–H groups in total. The van der Waals surface area contributed by atoms with Gasteiger partial charge >= 0.3 is 0 Å². The third kappa shape index (κ3) is 3.36. The fraction of sp³-hybridized carbons (Fsp3) is 0.333. The lowest BCUT2D eigenvalue weighted by Crippen LogP contribution is -2.44. The van der Waals surface area contributed by atoms with Gasteiger partial charge in [0.1, 0.15) is 17.6 Å². The summed E-state index contributed by atoms with van der Waals surface area (Å²) in [5.74, 6) is 0.954. The number of hydrogen-bond donors (Lipinski definition) is 2. The quantitative estimate of drug-likeness (QED) is 0.870. The van der Waals surface area contributed by atoms with Crippen molar-refractivity contribution in [1.29, 1.82) is 0 Å². The van der Waals surface area contributed by atoms with Gasteiger partial charge in [0.25, 0.3) is 5.91 Å². The minimum absolute atomic E-state index is 0.189. The third-order valence-electron chi connectivity index (χ3n) is 4.33. The SMILES string of the molecule is CNC(=O)[C@@H]1C[C@H](N)CN1C(=O)c1ccc(-c2ccc(OC)cc2)o1. The van der Waals surface area contributed by atoms with Gasteiger partial charge in [-0.3, -0.25) is 9.59 Å². The molecule has 132 valence electrons. The Bertz CT molecular complexity index is 769. The number of likely N-dealkylation sites (tertiary alicyclic amines) is 1. The first-order valence-corrected chi connectivity index (χ1v) is 8.06. The molecule has 2 aromatic rings. The van der Waals surface area contributed by atoms with E-state index in [4.69, 9.17) is 14.9 Å². The molecule has 0 spiro atoms. The molecule has 1 aliphatic rings. The number of amides is 2. The van der Waals surface area contributed by atoms with E-state index in [9.17, 15) is 9.59 Å². The van der Waals surface area contributed by atoms with Crippen LogP contribution in [-0.4, -0.2) is 49.5 Å². The molecule has 1 aromatic carbocycles. The lowest BCUT2D eigenvalue weighted by atomic mass is 10.1. The number of nitrogens with zero attached hydrogens (tertiary/aromatic N) is 1. The fourth-order valence-electron chi connectivity index (χ4n) is 3.01. The maximum atomic E-state index is 12.7. The van der Waals surface area contributed by atoms with Crippen molar-refractivity contribution in [1.82, 2.24) is 10.2 Å². The van der Waals surface area contributed by atoms with Crippen LogP contribution in [0.15, 0.2) is 40.8 Å². The number of nitrogens with two attached hydrogens (primary N) is 1. The lowest BCUT2D eigenvalue weighted by molar-refractivity contribution is -0.124. The van der Waals surface area contributed by atoms with Crippen molar-refractivity contribution >= 4 is 11.8 Å². The van der Waals surface area contributed by atoms with E-state index in [1.165, 1.54) is 4.90 Å². The van der Waals surface area contributed by atoms with Gasteiger partial charge in [-0.1, -0.05) is 0 Å². The second-order valence-electron chi connectivity index (χ2n) is 5.98. The van der Waals surface area contributed by atoms with Gasteiger partial charge in [0.2, 0.25) is 5.91 Å². The average Bonchev–Trinajstić information content (AvgIpc) is 3.27. The zero-order valence-electron chi connectivity index (χ0n) is 14.2. The summed E-state index contributed by atoms with van der Waals surface area (Å²) in [6, 6.07) is 9.91. The van der Waals surface area contributed by atoms with Crippen LogP contribution in [0.5, 0.6) is 5.75 Å². The molecule has 1 aliphatic heterocycles. The molecule has 1 aromatic heterocycles. The molecular weight excluding hydrogens is 322 g/mol. The molecule has 0 saturated carbocycles. The van der Waals surface area contributed by atoms with Gasteiger partial charge in [0, 0.05) is 25.2 Å². The number of methoxy groups -OCH3 is 1. The molecule has 25 heavy (non-hydrogen) atoms. The second-order valence-corrected chi connectivity index (χ2v) is 5.98. The summed E-state index contributed by atoms with van der Waals surface area (Å²) in [6.07, 6.45) is 0.442. The van der Waals surface area contributed by atoms with Gasteiger partial charge < -0.3 is 25.1 Å². The van der Waals surface area contributed by atoms with Crippen molar-refractivity contribution in [3.63, 3.8) is 0 Å². The van der Waals surface area contributed by atoms with E-state index in [1.807, 2.05) is 24.3 Å². The average molecular weight is 343 g/mol. The van der Waals surface area contributed by atoms with E-state index < -0.39 is 6.04 Å². The summed E-state index contributed by atoms with van der Waals surface area (Å²) in [5.41, 5.74) is 6.77. The predicted octanol–water partition coefficient (Wildman–Crippen LogP) is 1.24. The summed E-state index contributed by atoms with van der Waals surface area (Å²) in [6.45, 7) is 0.329. The van der Waals surface area contributed by atoms with Gasteiger partial charge in [-0.15, -0.1) is 0 Å².